The summed E-state index contributed by atoms with van der Waals surface area (Å²) >= 11 is 5.80. The van der Waals surface area contributed by atoms with Gasteiger partial charge in [0.05, 0.1) is 0 Å². The molecular formula is C14H21ClN4O2. The van der Waals surface area contributed by atoms with Gasteiger partial charge < -0.3 is 15.0 Å². The van der Waals surface area contributed by atoms with Crippen LogP contribution in [0.5, 0.6) is 0 Å². The lowest BCUT2D eigenvalue weighted by Gasteiger charge is -2.33. The Morgan fingerprint density at radius 1 is 1.43 bits per heavy atom. The van der Waals surface area contributed by atoms with Crippen molar-refractivity contribution in [2.45, 2.75) is 45.3 Å². The molecule has 0 bridgehead atoms. The second kappa shape index (κ2) is 6.47. The fourth-order valence-electron chi connectivity index (χ4n) is 2.19. The standard InChI is InChI=1S/C14H21ClN4O2/c1-14(2,3)18-13(20)21-10-5-8-19(9-6-10)11-4-7-16-12(15)17-11/h4,7,10H,5-6,8-9H2,1-3H3,(H,18,20). The van der Waals surface area contributed by atoms with Gasteiger partial charge in [-0.3, -0.25) is 0 Å². The van der Waals surface area contributed by atoms with Gasteiger partial charge in [-0.25, -0.2) is 14.8 Å². The first-order valence-electron chi connectivity index (χ1n) is 7.06. The van der Waals surface area contributed by atoms with Crippen molar-refractivity contribution < 1.29 is 9.53 Å². The first kappa shape index (κ1) is 15.8. The van der Waals surface area contributed by atoms with Crippen molar-refractivity contribution in [1.82, 2.24) is 15.3 Å². The zero-order valence-corrected chi connectivity index (χ0v) is 13.4. The van der Waals surface area contributed by atoms with Gasteiger partial charge in [0.1, 0.15) is 11.9 Å². The number of carbonyl (C=O) groups excluding carboxylic acids is 1. The highest BCUT2D eigenvalue weighted by Gasteiger charge is 2.24. The molecule has 116 valence electrons. The van der Waals surface area contributed by atoms with E-state index in [0.717, 1.165) is 31.7 Å². The maximum absolute atomic E-state index is 11.7. The number of rotatable bonds is 2. The van der Waals surface area contributed by atoms with E-state index in [4.69, 9.17) is 16.3 Å². The van der Waals surface area contributed by atoms with Crippen molar-refractivity contribution in [2.75, 3.05) is 18.0 Å². The topological polar surface area (TPSA) is 67.3 Å². The van der Waals surface area contributed by atoms with Gasteiger partial charge in [-0.15, -0.1) is 0 Å². The molecule has 0 unspecified atom stereocenters. The van der Waals surface area contributed by atoms with Gasteiger partial charge in [-0.2, -0.15) is 0 Å². The normalized spacial score (nSPS) is 16.7. The number of aromatic nitrogens is 2. The average molecular weight is 313 g/mol. The van der Waals surface area contributed by atoms with Crippen LogP contribution >= 0.6 is 11.6 Å². The molecule has 2 heterocycles. The number of amides is 1. The molecule has 2 rings (SSSR count). The van der Waals surface area contributed by atoms with Gasteiger partial charge in [0.2, 0.25) is 5.28 Å². The summed E-state index contributed by atoms with van der Waals surface area (Å²) in [5, 5.41) is 3.05. The second-order valence-electron chi connectivity index (χ2n) is 6.15. The van der Waals surface area contributed by atoms with Gasteiger partial charge in [0, 0.05) is 37.7 Å². The highest BCUT2D eigenvalue weighted by molar-refractivity contribution is 6.28. The van der Waals surface area contributed by atoms with Gasteiger partial charge in [0.15, 0.2) is 0 Å². The number of piperidine rings is 1. The van der Waals surface area contributed by atoms with Crippen molar-refractivity contribution in [3.8, 4) is 0 Å². The van der Waals surface area contributed by atoms with E-state index in [0.29, 0.717) is 0 Å². The number of nitrogens with one attached hydrogen (secondary N) is 1. The third-order valence-corrected chi connectivity index (χ3v) is 3.31. The molecule has 1 aliphatic rings. The highest BCUT2D eigenvalue weighted by Crippen LogP contribution is 2.20. The lowest BCUT2D eigenvalue weighted by Crippen LogP contribution is -2.44. The molecule has 1 saturated heterocycles. The smallest absolute Gasteiger partial charge is 0.407 e. The SMILES string of the molecule is CC(C)(C)NC(=O)OC1CCN(c2ccnc(Cl)n2)CC1. The molecule has 21 heavy (non-hydrogen) atoms. The van der Waals surface area contributed by atoms with Crippen LogP contribution in [0.3, 0.4) is 0 Å². The fourth-order valence-corrected chi connectivity index (χ4v) is 2.33. The zero-order chi connectivity index (χ0) is 15.5. The van der Waals surface area contributed by atoms with Crippen LogP contribution in [-0.4, -0.2) is 40.8 Å². The Labute approximate surface area is 129 Å². The van der Waals surface area contributed by atoms with Crippen LogP contribution in [0.1, 0.15) is 33.6 Å². The number of nitrogens with zero attached hydrogens (tertiary/aromatic N) is 3. The van der Waals surface area contributed by atoms with E-state index in [1.54, 1.807) is 6.20 Å². The molecule has 1 amide bonds. The summed E-state index contributed by atoms with van der Waals surface area (Å²) in [7, 11) is 0. The molecule has 0 radical (unpaired) electrons. The largest absolute Gasteiger partial charge is 0.446 e. The van der Waals surface area contributed by atoms with Crippen LogP contribution in [0.2, 0.25) is 5.28 Å². The van der Waals surface area contributed by atoms with Crippen LogP contribution in [0.4, 0.5) is 10.6 Å². The number of hydrogen-bond donors (Lipinski definition) is 1. The first-order valence-corrected chi connectivity index (χ1v) is 7.43. The molecule has 0 aromatic carbocycles. The van der Waals surface area contributed by atoms with E-state index in [9.17, 15) is 4.79 Å². The number of carbonyl (C=O) groups is 1. The van der Waals surface area contributed by atoms with Gasteiger partial charge >= 0.3 is 6.09 Å². The Hall–Kier alpha value is -1.56. The Bertz CT molecular complexity index is 496. The van der Waals surface area contributed by atoms with Crippen LogP contribution in [-0.2, 0) is 4.74 Å². The predicted molar refractivity (Wildman–Crippen MR) is 81.6 cm³/mol. The Balaban J connectivity index is 1.82. The predicted octanol–water partition coefficient (Wildman–Crippen LogP) is 2.62. The Kier molecular flexibility index (Phi) is 4.88. The maximum Gasteiger partial charge on any atom is 0.407 e. The van der Waals surface area contributed by atoms with E-state index in [-0.39, 0.29) is 23.0 Å². The Morgan fingerprint density at radius 2 is 2.10 bits per heavy atom. The zero-order valence-electron chi connectivity index (χ0n) is 12.6. The van der Waals surface area contributed by atoms with Crippen LogP contribution in [0.15, 0.2) is 12.3 Å². The molecule has 6 nitrogen and oxygen atoms in total. The molecule has 0 saturated carbocycles. The molecule has 1 aromatic heterocycles. The summed E-state index contributed by atoms with van der Waals surface area (Å²) in [6.07, 6.45) is 2.79. The van der Waals surface area contributed by atoms with Crippen molar-refractivity contribution in [3.63, 3.8) is 0 Å². The van der Waals surface area contributed by atoms with E-state index in [1.807, 2.05) is 26.8 Å². The fraction of sp³-hybridized carbons (Fsp3) is 0.643. The summed E-state index contributed by atoms with van der Waals surface area (Å²) in [6, 6.07) is 1.83. The van der Waals surface area contributed by atoms with Gasteiger partial charge in [-0.1, -0.05) is 0 Å². The van der Waals surface area contributed by atoms with E-state index >= 15 is 0 Å². The van der Waals surface area contributed by atoms with Gasteiger partial charge in [-0.05, 0) is 38.4 Å². The molecule has 0 spiro atoms. The molecule has 0 atom stereocenters. The number of alkyl carbamates (subject to hydrolysis) is 1. The minimum Gasteiger partial charge on any atom is -0.446 e. The average Bonchev–Trinajstić information content (AvgIpc) is 2.37. The number of halogens is 1. The van der Waals surface area contributed by atoms with Crippen LogP contribution in [0.25, 0.3) is 0 Å². The quantitative estimate of drug-likeness (QED) is 0.850. The minimum atomic E-state index is -0.356. The summed E-state index contributed by atoms with van der Waals surface area (Å²) in [5.41, 5.74) is -0.282. The highest BCUT2D eigenvalue weighted by atomic mass is 35.5. The molecule has 1 fully saturated rings. The van der Waals surface area contributed by atoms with Crippen LogP contribution < -0.4 is 10.2 Å². The van der Waals surface area contributed by atoms with Crippen molar-refractivity contribution in [3.05, 3.63) is 17.5 Å². The van der Waals surface area contributed by atoms with Gasteiger partial charge in [0.25, 0.3) is 0 Å². The number of hydrogen-bond acceptors (Lipinski definition) is 5. The lowest BCUT2D eigenvalue weighted by atomic mass is 10.1. The van der Waals surface area contributed by atoms with E-state index < -0.39 is 0 Å². The number of anilines is 1. The molecule has 7 heteroatoms. The lowest BCUT2D eigenvalue weighted by molar-refractivity contribution is 0.0776. The molecule has 1 aliphatic heterocycles. The molecule has 1 N–H and O–H groups in total. The monoisotopic (exact) mass is 312 g/mol. The van der Waals surface area contributed by atoms with E-state index in [1.165, 1.54) is 0 Å². The molecule has 0 aliphatic carbocycles. The second-order valence-corrected chi connectivity index (χ2v) is 6.49. The number of ether oxygens (including phenoxy) is 1. The molecular weight excluding hydrogens is 292 g/mol. The van der Waals surface area contributed by atoms with E-state index in [2.05, 4.69) is 20.2 Å². The minimum absolute atomic E-state index is 0.0547. The van der Waals surface area contributed by atoms with Crippen molar-refractivity contribution in [2.24, 2.45) is 0 Å². The van der Waals surface area contributed by atoms with Crippen LogP contribution in [0, 0.1) is 0 Å². The Morgan fingerprint density at radius 3 is 2.67 bits per heavy atom. The summed E-state index contributed by atoms with van der Waals surface area (Å²) in [5.74, 6) is 0.813. The maximum atomic E-state index is 11.7. The van der Waals surface area contributed by atoms with Crippen molar-refractivity contribution >= 4 is 23.5 Å². The summed E-state index contributed by atoms with van der Waals surface area (Å²) in [6.45, 7) is 7.34. The third kappa shape index (κ3) is 5.04. The first-order chi connectivity index (χ1) is 9.83. The van der Waals surface area contributed by atoms with Crippen molar-refractivity contribution in [1.29, 1.82) is 0 Å². The molecule has 1 aromatic rings. The third-order valence-electron chi connectivity index (χ3n) is 3.13. The summed E-state index contributed by atoms with van der Waals surface area (Å²) in [4.78, 5) is 21.9. The summed E-state index contributed by atoms with van der Waals surface area (Å²) < 4.78 is 5.44.